The molecule has 0 radical (unpaired) electrons. The Morgan fingerprint density at radius 1 is 1.47 bits per heavy atom. The minimum atomic E-state index is -1.73. The molecule has 0 aromatic rings. The van der Waals surface area contributed by atoms with Crippen molar-refractivity contribution in [3.63, 3.8) is 0 Å². The molecule has 0 aliphatic heterocycles. The third-order valence-electron chi connectivity index (χ3n) is 1.89. The zero-order valence-corrected chi connectivity index (χ0v) is 11.4. The maximum atomic E-state index is 11.1. The van der Waals surface area contributed by atoms with E-state index in [9.17, 15) is 4.79 Å². The third kappa shape index (κ3) is 6.46. The van der Waals surface area contributed by atoms with Gasteiger partial charge in [0.25, 0.3) is 0 Å². The lowest BCUT2D eigenvalue weighted by atomic mass is 10.4. The molecule has 0 saturated carbocycles. The molecule has 0 spiro atoms. The summed E-state index contributed by atoms with van der Waals surface area (Å²) in [6.07, 6.45) is 2.24. The molecule has 0 atom stereocenters. The minimum absolute atomic E-state index is 0.443. The standard InChI is InChI=1S/C11H22O3Si/c1-7-9-15(5,6)14-11(3,4)13-10(12)8-2/h8H,2,7,9H2,1,3-6H3. The number of carbonyl (C=O) groups is 1. The Kier molecular flexibility index (Phi) is 5.24. The summed E-state index contributed by atoms with van der Waals surface area (Å²) in [6, 6.07) is 1.06. The van der Waals surface area contributed by atoms with Crippen LogP contribution in [0.1, 0.15) is 27.2 Å². The highest BCUT2D eigenvalue weighted by atomic mass is 28.4. The molecular weight excluding hydrogens is 208 g/mol. The Morgan fingerprint density at radius 2 is 2.00 bits per heavy atom. The molecule has 0 saturated heterocycles. The van der Waals surface area contributed by atoms with Crippen molar-refractivity contribution in [2.45, 2.75) is 52.1 Å². The summed E-state index contributed by atoms with van der Waals surface area (Å²) < 4.78 is 11.0. The highest BCUT2D eigenvalue weighted by Gasteiger charge is 2.32. The van der Waals surface area contributed by atoms with E-state index in [-0.39, 0.29) is 0 Å². The smallest absolute Gasteiger partial charge is 0.332 e. The molecule has 0 aliphatic carbocycles. The van der Waals surface area contributed by atoms with Crippen LogP contribution in [0.5, 0.6) is 0 Å². The second-order valence-corrected chi connectivity index (χ2v) is 8.86. The van der Waals surface area contributed by atoms with E-state index in [4.69, 9.17) is 9.16 Å². The molecule has 0 amide bonds. The van der Waals surface area contributed by atoms with Gasteiger partial charge in [0.2, 0.25) is 0 Å². The van der Waals surface area contributed by atoms with Gasteiger partial charge in [0.15, 0.2) is 14.1 Å². The fourth-order valence-corrected chi connectivity index (χ4v) is 4.30. The van der Waals surface area contributed by atoms with Gasteiger partial charge in [-0.15, -0.1) is 0 Å². The topological polar surface area (TPSA) is 35.5 Å². The van der Waals surface area contributed by atoms with Crippen molar-refractivity contribution in [1.29, 1.82) is 0 Å². The summed E-state index contributed by atoms with van der Waals surface area (Å²) in [5.41, 5.74) is 0. The molecule has 15 heavy (non-hydrogen) atoms. The van der Waals surface area contributed by atoms with Crippen LogP contribution in [-0.2, 0) is 14.0 Å². The molecule has 4 heteroatoms. The van der Waals surface area contributed by atoms with Crippen LogP contribution in [0.3, 0.4) is 0 Å². The summed E-state index contributed by atoms with van der Waals surface area (Å²) in [7, 11) is -1.73. The third-order valence-corrected chi connectivity index (χ3v) is 4.64. The first-order chi connectivity index (χ1) is 6.72. The normalized spacial score (nSPS) is 12.3. The summed E-state index contributed by atoms with van der Waals surface area (Å²) in [4.78, 5) is 11.1. The zero-order chi connectivity index (χ0) is 12.1. The first-order valence-corrected chi connectivity index (χ1v) is 8.39. The van der Waals surface area contributed by atoms with Crippen molar-refractivity contribution in [1.82, 2.24) is 0 Å². The van der Waals surface area contributed by atoms with Crippen LogP contribution in [0.25, 0.3) is 0 Å². The maximum absolute atomic E-state index is 11.1. The Balaban J connectivity index is 4.35. The SMILES string of the molecule is C=CC(=O)OC(C)(C)O[Si](C)(C)CCC. The summed E-state index contributed by atoms with van der Waals surface area (Å²) in [5, 5.41) is 0. The van der Waals surface area contributed by atoms with E-state index in [1.807, 2.05) is 0 Å². The quantitative estimate of drug-likeness (QED) is 0.304. The number of carbonyl (C=O) groups excluding carboxylic acids is 1. The molecule has 0 aromatic carbocycles. The Labute approximate surface area is 93.6 Å². The lowest BCUT2D eigenvalue weighted by Gasteiger charge is -2.34. The molecule has 3 nitrogen and oxygen atoms in total. The van der Waals surface area contributed by atoms with Gasteiger partial charge in [0.1, 0.15) is 0 Å². The molecule has 0 unspecified atom stereocenters. The molecular formula is C11H22O3Si. The first kappa shape index (κ1) is 14.4. The van der Waals surface area contributed by atoms with Crippen LogP contribution in [0, 0.1) is 0 Å². The van der Waals surface area contributed by atoms with E-state index in [1.54, 1.807) is 13.8 Å². The van der Waals surface area contributed by atoms with Gasteiger partial charge < -0.3 is 9.16 Å². The van der Waals surface area contributed by atoms with Crippen molar-refractivity contribution >= 4 is 14.3 Å². The van der Waals surface area contributed by atoms with Crippen LogP contribution >= 0.6 is 0 Å². The van der Waals surface area contributed by atoms with Gasteiger partial charge >= 0.3 is 5.97 Å². The van der Waals surface area contributed by atoms with E-state index >= 15 is 0 Å². The minimum Gasteiger partial charge on any atom is -0.432 e. The molecule has 0 rings (SSSR count). The maximum Gasteiger partial charge on any atom is 0.332 e. The summed E-state index contributed by atoms with van der Waals surface area (Å²) >= 11 is 0. The first-order valence-electron chi connectivity index (χ1n) is 5.28. The van der Waals surface area contributed by atoms with Crippen LogP contribution in [0.2, 0.25) is 19.1 Å². The van der Waals surface area contributed by atoms with Crippen LogP contribution in [-0.4, -0.2) is 20.1 Å². The van der Waals surface area contributed by atoms with Crippen LogP contribution in [0.15, 0.2) is 12.7 Å². The molecule has 0 heterocycles. The van der Waals surface area contributed by atoms with Gasteiger partial charge in [-0.1, -0.05) is 19.9 Å². The van der Waals surface area contributed by atoms with Gasteiger partial charge in [-0.25, -0.2) is 4.79 Å². The van der Waals surface area contributed by atoms with E-state index in [0.717, 1.165) is 18.5 Å². The number of rotatable bonds is 6. The highest BCUT2D eigenvalue weighted by Crippen LogP contribution is 2.23. The number of hydrogen-bond acceptors (Lipinski definition) is 3. The second-order valence-electron chi connectivity index (χ2n) is 4.64. The highest BCUT2D eigenvalue weighted by molar-refractivity contribution is 6.71. The summed E-state index contributed by atoms with van der Waals surface area (Å²) in [5.74, 6) is -1.29. The second kappa shape index (κ2) is 5.46. The number of esters is 1. The Bertz CT molecular complexity index is 234. The van der Waals surface area contributed by atoms with Gasteiger partial charge in [-0.05, 0) is 19.1 Å². The van der Waals surface area contributed by atoms with Crippen molar-refractivity contribution in [3.8, 4) is 0 Å². The van der Waals surface area contributed by atoms with Gasteiger partial charge in [-0.3, -0.25) is 0 Å². The van der Waals surface area contributed by atoms with Crippen molar-refractivity contribution < 1.29 is 14.0 Å². The molecule has 0 fully saturated rings. The lowest BCUT2D eigenvalue weighted by Crippen LogP contribution is -2.43. The molecule has 0 bridgehead atoms. The predicted molar refractivity (Wildman–Crippen MR) is 64.0 cm³/mol. The number of ether oxygens (including phenoxy) is 1. The Morgan fingerprint density at radius 3 is 2.40 bits per heavy atom. The average Bonchev–Trinajstić information content (AvgIpc) is 2.00. The van der Waals surface area contributed by atoms with Crippen LogP contribution < -0.4 is 0 Å². The molecule has 0 aromatic heterocycles. The summed E-state index contributed by atoms with van der Waals surface area (Å²) in [6.45, 7) is 13.3. The van der Waals surface area contributed by atoms with Crippen molar-refractivity contribution in [2.24, 2.45) is 0 Å². The molecule has 0 aliphatic rings. The Hall–Kier alpha value is -0.613. The fraction of sp³-hybridized carbons (Fsp3) is 0.727. The largest absolute Gasteiger partial charge is 0.432 e. The fourth-order valence-electron chi connectivity index (χ4n) is 1.62. The van der Waals surface area contributed by atoms with Gasteiger partial charge in [0, 0.05) is 19.9 Å². The van der Waals surface area contributed by atoms with Crippen molar-refractivity contribution in [2.75, 3.05) is 0 Å². The van der Waals surface area contributed by atoms with E-state index in [1.165, 1.54) is 0 Å². The zero-order valence-electron chi connectivity index (χ0n) is 10.4. The van der Waals surface area contributed by atoms with Crippen LogP contribution in [0.4, 0.5) is 0 Å². The molecule has 0 N–H and O–H groups in total. The monoisotopic (exact) mass is 230 g/mol. The van der Waals surface area contributed by atoms with Crippen molar-refractivity contribution in [3.05, 3.63) is 12.7 Å². The van der Waals surface area contributed by atoms with E-state index in [2.05, 4.69) is 26.6 Å². The van der Waals surface area contributed by atoms with E-state index in [0.29, 0.717) is 0 Å². The molecule has 88 valence electrons. The number of hydrogen-bond donors (Lipinski definition) is 0. The average molecular weight is 230 g/mol. The lowest BCUT2D eigenvalue weighted by molar-refractivity contribution is -0.182. The van der Waals surface area contributed by atoms with Gasteiger partial charge in [0.05, 0.1) is 0 Å². The predicted octanol–water partition coefficient (Wildman–Crippen LogP) is 3.08. The van der Waals surface area contributed by atoms with Gasteiger partial charge in [-0.2, -0.15) is 0 Å². The van der Waals surface area contributed by atoms with E-state index < -0.39 is 20.1 Å².